The van der Waals surface area contributed by atoms with Gasteiger partial charge in [-0.05, 0) is 25.1 Å². The second-order valence-corrected chi connectivity index (χ2v) is 4.65. The molecule has 6 nitrogen and oxygen atoms in total. The normalized spacial score (nSPS) is 10.0. The fraction of sp³-hybridized carbons (Fsp3) is 0.294. The maximum Gasteiger partial charge on any atom is 0.258 e. The van der Waals surface area contributed by atoms with Crippen molar-refractivity contribution in [3.63, 3.8) is 0 Å². The van der Waals surface area contributed by atoms with E-state index in [4.69, 9.17) is 14.2 Å². The standard InChI is InChI=1S/C17H20N2O4/c1-3-22-17-13(6-5-9-18-17)11-19-16(20)12-23-15-8-4-7-14(10-15)21-2/h4-10H,3,11-12H2,1-2H3,(H,19,20). The monoisotopic (exact) mass is 316 g/mol. The zero-order valence-electron chi connectivity index (χ0n) is 13.2. The molecule has 0 saturated heterocycles. The maximum absolute atomic E-state index is 11.9. The Morgan fingerprint density at radius 2 is 2.00 bits per heavy atom. The summed E-state index contributed by atoms with van der Waals surface area (Å²) in [4.78, 5) is 16.0. The molecule has 0 aliphatic carbocycles. The van der Waals surface area contributed by atoms with Crippen molar-refractivity contribution < 1.29 is 19.0 Å². The van der Waals surface area contributed by atoms with Crippen LogP contribution in [0, 0.1) is 0 Å². The summed E-state index contributed by atoms with van der Waals surface area (Å²) in [5.41, 5.74) is 0.823. The third-order valence-corrected chi connectivity index (χ3v) is 3.02. The fourth-order valence-corrected chi connectivity index (χ4v) is 1.91. The van der Waals surface area contributed by atoms with E-state index in [9.17, 15) is 4.79 Å². The maximum atomic E-state index is 11.9. The quantitative estimate of drug-likeness (QED) is 0.808. The van der Waals surface area contributed by atoms with E-state index in [-0.39, 0.29) is 12.5 Å². The first-order valence-electron chi connectivity index (χ1n) is 7.33. The van der Waals surface area contributed by atoms with Gasteiger partial charge in [-0.2, -0.15) is 0 Å². The van der Waals surface area contributed by atoms with Crippen LogP contribution in [0.4, 0.5) is 0 Å². The second kappa shape index (κ2) is 8.63. The van der Waals surface area contributed by atoms with Crippen molar-refractivity contribution >= 4 is 5.91 Å². The summed E-state index contributed by atoms with van der Waals surface area (Å²) in [6.45, 7) is 2.68. The van der Waals surface area contributed by atoms with Crippen LogP contribution >= 0.6 is 0 Å². The molecule has 1 heterocycles. The Kier molecular flexibility index (Phi) is 6.23. The molecular formula is C17H20N2O4. The summed E-state index contributed by atoms with van der Waals surface area (Å²) < 4.78 is 16.0. The number of carbonyl (C=O) groups is 1. The summed E-state index contributed by atoms with van der Waals surface area (Å²) in [7, 11) is 1.58. The molecule has 2 aromatic rings. The molecule has 0 aliphatic heterocycles. The van der Waals surface area contributed by atoms with Gasteiger partial charge in [0.05, 0.1) is 13.7 Å². The van der Waals surface area contributed by atoms with Crippen LogP contribution in [0.5, 0.6) is 17.4 Å². The molecule has 0 radical (unpaired) electrons. The Morgan fingerprint density at radius 1 is 1.17 bits per heavy atom. The Morgan fingerprint density at radius 3 is 2.78 bits per heavy atom. The van der Waals surface area contributed by atoms with Crippen LogP contribution in [0.25, 0.3) is 0 Å². The topological polar surface area (TPSA) is 69.7 Å². The van der Waals surface area contributed by atoms with Gasteiger partial charge in [0.15, 0.2) is 6.61 Å². The Hall–Kier alpha value is -2.76. The van der Waals surface area contributed by atoms with E-state index in [0.717, 1.165) is 5.56 Å². The highest BCUT2D eigenvalue weighted by Gasteiger charge is 2.07. The van der Waals surface area contributed by atoms with E-state index >= 15 is 0 Å². The van der Waals surface area contributed by atoms with E-state index in [1.54, 1.807) is 37.6 Å². The summed E-state index contributed by atoms with van der Waals surface area (Å²) in [5.74, 6) is 1.57. The first-order valence-corrected chi connectivity index (χ1v) is 7.33. The van der Waals surface area contributed by atoms with Crippen LogP contribution in [-0.2, 0) is 11.3 Å². The van der Waals surface area contributed by atoms with Gasteiger partial charge in [0.1, 0.15) is 11.5 Å². The summed E-state index contributed by atoms with van der Waals surface area (Å²) in [6.07, 6.45) is 1.65. The lowest BCUT2D eigenvalue weighted by Crippen LogP contribution is -2.28. The third kappa shape index (κ3) is 5.18. The third-order valence-electron chi connectivity index (χ3n) is 3.02. The lowest BCUT2D eigenvalue weighted by atomic mass is 10.2. The summed E-state index contributed by atoms with van der Waals surface area (Å²) in [5, 5.41) is 2.78. The van der Waals surface area contributed by atoms with Crippen molar-refractivity contribution in [2.45, 2.75) is 13.5 Å². The highest BCUT2D eigenvalue weighted by molar-refractivity contribution is 5.77. The molecule has 1 aromatic carbocycles. The number of amides is 1. The average Bonchev–Trinajstić information content (AvgIpc) is 2.59. The van der Waals surface area contributed by atoms with Crippen molar-refractivity contribution in [3.05, 3.63) is 48.2 Å². The number of hydrogen-bond acceptors (Lipinski definition) is 5. The number of hydrogen-bond donors (Lipinski definition) is 1. The molecule has 1 amide bonds. The lowest BCUT2D eigenvalue weighted by molar-refractivity contribution is -0.123. The molecule has 23 heavy (non-hydrogen) atoms. The van der Waals surface area contributed by atoms with Crippen LogP contribution in [-0.4, -0.2) is 31.2 Å². The number of rotatable bonds is 8. The van der Waals surface area contributed by atoms with E-state index in [0.29, 0.717) is 30.5 Å². The minimum atomic E-state index is -0.223. The molecule has 122 valence electrons. The lowest BCUT2D eigenvalue weighted by Gasteiger charge is -2.11. The molecular weight excluding hydrogens is 296 g/mol. The summed E-state index contributed by atoms with van der Waals surface area (Å²) in [6, 6.07) is 10.8. The van der Waals surface area contributed by atoms with Crippen molar-refractivity contribution in [1.82, 2.24) is 10.3 Å². The molecule has 0 atom stereocenters. The SMILES string of the molecule is CCOc1ncccc1CNC(=O)COc1cccc(OC)c1. The van der Waals surface area contributed by atoms with Gasteiger partial charge < -0.3 is 19.5 Å². The van der Waals surface area contributed by atoms with Gasteiger partial charge in [0, 0.05) is 24.4 Å². The number of nitrogens with zero attached hydrogens (tertiary/aromatic N) is 1. The minimum Gasteiger partial charge on any atom is -0.497 e. The largest absolute Gasteiger partial charge is 0.497 e. The number of pyridine rings is 1. The molecule has 0 unspecified atom stereocenters. The molecule has 0 fully saturated rings. The van der Waals surface area contributed by atoms with Crippen LogP contribution in [0.1, 0.15) is 12.5 Å². The van der Waals surface area contributed by atoms with E-state index < -0.39 is 0 Å². The van der Waals surface area contributed by atoms with Crippen molar-refractivity contribution in [1.29, 1.82) is 0 Å². The predicted octanol–water partition coefficient (Wildman–Crippen LogP) is 2.18. The van der Waals surface area contributed by atoms with Gasteiger partial charge in [0.25, 0.3) is 5.91 Å². The van der Waals surface area contributed by atoms with E-state index in [1.807, 2.05) is 19.1 Å². The predicted molar refractivity (Wildman–Crippen MR) is 85.7 cm³/mol. The number of aromatic nitrogens is 1. The molecule has 2 rings (SSSR count). The van der Waals surface area contributed by atoms with Crippen LogP contribution in [0.3, 0.4) is 0 Å². The van der Waals surface area contributed by atoms with Crippen molar-refractivity contribution in [2.24, 2.45) is 0 Å². The number of methoxy groups -OCH3 is 1. The van der Waals surface area contributed by atoms with E-state index in [2.05, 4.69) is 10.3 Å². The van der Waals surface area contributed by atoms with Gasteiger partial charge in [-0.15, -0.1) is 0 Å². The smallest absolute Gasteiger partial charge is 0.258 e. The van der Waals surface area contributed by atoms with Gasteiger partial charge >= 0.3 is 0 Å². The number of carbonyl (C=O) groups excluding carboxylic acids is 1. The van der Waals surface area contributed by atoms with Crippen molar-refractivity contribution in [3.8, 4) is 17.4 Å². The Labute approximate surface area is 135 Å². The van der Waals surface area contributed by atoms with Crippen LogP contribution in [0.2, 0.25) is 0 Å². The van der Waals surface area contributed by atoms with Gasteiger partial charge in [-0.25, -0.2) is 4.98 Å². The number of ether oxygens (including phenoxy) is 3. The minimum absolute atomic E-state index is 0.0720. The zero-order valence-corrected chi connectivity index (χ0v) is 13.2. The molecule has 0 saturated carbocycles. The molecule has 0 spiro atoms. The van der Waals surface area contributed by atoms with Gasteiger partial charge in [0.2, 0.25) is 5.88 Å². The number of benzene rings is 1. The fourth-order valence-electron chi connectivity index (χ4n) is 1.91. The second-order valence-electron chi connectivity index (χ2n) is 4.65. The highest BCUT2D eigenvalue weighted by Crippen LogP contribution is 2.18. The molecule has 6 heteroatoms. The van der Waals surface area contributed by atoms with Gasteiger partial charge in [-0.3, -0.25) is 4.79 Å². The summed E-state index contributed by atoms with van der Waals surface area (Å²) >= 11 is 0. The Balaban J connectivity index is 1.83. The Bertz CT molecular complexity index is 646. The van der Waals surface area contributed by atoms with E-state index in [1.165, 1.54) is 0 Å². The van der Waals surface area contributed by atoms with Crippen LogP contribution in [0.15, 0.2) is 42.6 Å². The van der Waals surface area contributed by atoms with Gasteiger partial charge in [-0.1, -0.05) is 12.1 Å². The number of nitrogens with one attached hydrogen (secondary N) is 1. The average molecular weight is 316 g/mol. The molecule has 1 aromatic heterocycles. The zero-order chi connectivity index (χ0) is 16.5. The van der Waals surface area contributed by atoms with Crippen molar-refractivity contribution in [2.75, 3.05) is 20.3 Å². The molecule has 1 N–H and O–H groups in total. The highest BCUT2D eigenvalue weighted by atomic mass is 16.5. The first-order chi connectivity index (χ1) is 11.2. The molecule has 0 aliphatic rings. The molecule has 0 bridgehead atoms. The van der Waals surface area contributed by atoms with Crippen LogP contribution < -0.4 is 19.5 Å². The first kappa shape index (κ1) is 16.6.